The minimum atomic E-state index is -0.0830. The van der Waals surface area contributed by atoms with Crippen LogP contribution in [0.2, 0.25) is 0 Å². The van der Waals surface area contributed by atoms with Crippen LogP contribution in [0.4, 0.5) is 0 Å². The van der Waals surface area contributed by atoms with E-state index < -0.39 is 0 Å². The summed E-state index contributed by atoms with van der Waals surface area (Å²) in [5.41, 5.74) is 3.87. The fourth-order valence-corrected chi connectivity index (χ4v) is 3.79. The van der Waals surface area contributed by atoms with Gasteiger partial charge in [-0.25, -0.2) is 0 Å². The Balaban J connectivity index is 1.32. The van der Waals surface area contributed by atoms with E-state index in [0.29, 0.717) is 30.2 Å². The van der Waals surface area contributed by atoms with E-state index in [0.717, 1.165) is 49.5 Å². The van der Waals surface area contributed by atoms with Gasteiger partial charge in [0.2, 0.25) is 5.91 Å². The molecule has 0 unspecified atom stereocenters. The molecule has 0 bridgehead atoms. The predicted molar refractivity (Wildman–Crippen MR) is 129 cm³/mol. The normalized spacial score (nSPS) is 13.7. The van der Waals surface area contributed by atoms with Crippen molar-refractivity contribution in [3.63, 3.8) is 0 Å². The third-order valence-corrected chi connectivity index (χ3v) is 5.70. The third kappa shape index (κ3) is 6.64. The number of carbonyl (C=O) groups is 1. The summed E-state index contributed by atoms with van der Waals surface area (Å²) in [7, 11) is 0. The second-order valence-corrected chi connectivity index (χ2v) is 8.10. The zero-order chi connectivity index (χ0) is 23.6. The molecule has 2 heterocycles. The topological polar surface area (TPSA) is 87.5 Å². The van der Waals surface area contributed by atoms with Crippen molar-refractivity contribution in [2.24, 2.45) is 0 Å². The number of morpholine rings is 1. The molecule has 1 amide bonds. The molecule has 34 heavy (non-hydrogen) atoms. The van der Waals surface area contributed by atoms with Gasteiger partial charge in [0.1, 0.15) is 12.4 Å². The quantitative estimate of drug-likeness (QED) is 0.532. The molecule has 0 spiro atoms. The van der Waals surface area contributed by atoms with Crippen molar-refractivity contribution in [2.45, 2.75) is 13.0 Å². The van der Waals surface area contributed by atoms with Gasteiger partial charge in [0.15, 0.2) is 0 Å². The maximum absolute atomic E-state index is 12.2. The number of aromatic nitrogens is 1. The molecule has 7 nitrogen and oxygen atoms in total. The summed E-state index contributed by atoms with van der Waals surface area (Å²) in [5.74, 6) is 0.591. The molecule has 1 N–H and O–H groups in total. The number of amides is 1. The number of rotatable bonds is 9. The lowest BCUT2D eigenvalue weighted by atomic mass is 10.0. The summed E-state index contributed by atoms with van der Waals surface area (Å²) in [4.78, 5) is 19.0. The van der Waals surface area contributed by atoms with Gasteiger partial charge in [-0.15, -0.1) is 0 Å². The van der Waals surface area contributed by atoms with E-state index in [-0.39, 0.29) is 12.3 Å². The maximum Gasteiger partial charge on any atom is 0.226 e. The van der Waals surface area contributed by atoms with Crippen LogP contribution in [0.15, 0.2) is 66.9 Å². The van der Waals surface area contributed by atoms with E-state index in [1.807, 2.05) is 54.6 Å². The molecule has 7 heteroatoms. The molecule has 1 saturated heterocycles. The molecule has 4 rings (SSSR count). The minimum Gasteiger partial charge on any atom is -0.492 e. The molecule has 1 aliphatic rings. The Hall–Kier alpha value is -3.73. The van der Waals surface area contributed by atoms with Crippen molar-refractivity contribution < 1.29 is 14.3 Å². The van der Waals surface area contributed by atoms with Crippen molar-refractivity contribution in [1.29, 1.82) is 5.26 Å². The Bertz CT molecular complexity index is 1120. The summed E-state index contributed by atoms with van der Waals surface area (Å²) in [6, 6.07) is 21.3. The van der Waals surface area contributed by atoms with E-state index in [2.05, 4.69) is 21.3 Å². The van der Waals surface area contributed by atoms with Crippen LogP contribution in [-0.4, -0.2) is 55.2 Å². The molecule has 0 radical (unpaired) electrons. The molecule has 1 aliphatic heterocycles. The SMILES string of the molecule is N#Cc1cc(OCCN2CCOCC2)ccc1-c1ccc(CC(=O)NCc2ccccc2)nc1. The Labute approximate surface area is 199 Å². The largest absolute Gasteiger partial charge is 0.492 e. The van der Waals surface area contributed by atoms with Gasteiger partial charge < -0.3 is 14.8 Å². The minimum absolute atomic E-state index is 0.0830. The number of nitriles is 1. The first-order valence-electron chi connectivity index (χ1n) is 11.4. The molecule has 2 aromatic carbocycles. The first-order valence-corrected chi connectivity index (χ1v) is 11.4. The smallest absolute Gasteiger partial charge is 0.226 e. The van der Waals surface area contributed by atoms with Crippen molar-refractivity contribution in [2.75, 3.05) is 39.5 Å². The van der Waals surface area contributed by atoms with E-state index in [4.69, 9.17) is 9.47 Å². The molecule has 0 atom stereocenters. The predicted octanol–water partition coefficient (Wildman–Crippen LogP) is 3.19. The lowest BCUT2D eigenvalue weighted by Crippen LogP contribution is -2.38. The standard InChI is InChI=1S/C27H28N4O3/c28-18-23-16-25(34-15-12-31-10-13-33-14-11-31)8-9-26(23)22-6-7-24(29-20-22)17-27(32)30-19-21-4-2-1-3-5-21/h1-9,16,20H,10-15,17,19H2,(H,30,32). The molecule has 3 aromatic rings. The van der Waals surface area contributed by atoms with Gasteiger partial charge in [0.25, 0.3) is 0 Å². The first-order chi connectivity index (χ1) is 16.7. The highest BCUT2D eigenvalue weighted by atomic mass is 16.5. The van der Waals surface area contributed by atoms with E-state index >= 15 is 0 Å². The Morgan fingerprint density at radius 1 is 1.12 bits per heavy atom. The zero-order valence-electron chi connectivity index (χ0n) is 19.1. The average Bonchev–Trinajstić information content (AvgIpc) is 2.89. The summed E-state index contributed by atoms with van der Waals surface area (Å²) < 4.78 is 11.2. The molecular weight excluding hydrogens is 428 g/mol. The zero-order valence-corrected chi connectivity index (χ0v) is 19.1. The first kappa shape index (κ1) is 23.4. The summed E-state index contributed by atoms with van der Waals surface area (Å²) in [6.45, 7) is 5.25. The molecule has 1 fully saturated rings. The van der Waals surface area contributed by atoms with Gasteiger partial charge in [0.05, 0.1) is 31.3 Å². The second kappa shape index (κ2) is 11.9. The van der Waals surface area contributed by atoms with Gasteiger partial charge in [-0.05, 0) is 29.8 Å². The third-order valence-electron chi connectivity index (χ3n) is 5.70. The molecule has 0 saturated carbocycles. The fraction of sp³-hybridized carbons (Fsp3) is 0.296. The van der Waals surface area contributed by atoms with Gasteiger partial charge >= 0.3 is 0 Å². The van der Waals surface area contributed by atoms with Gasteiger partial charge in [-0.1, -0.05) is 36.4 Å². The molecule has 174 valence electrons. The monoisotopic (exact) mass is 456 g/mol. The van der Waals surface area contributed by atoms with Crippen LogP contribution in [0.1, 0.15) is 16.8 Å². The van der Waals surface area contributed by atoms with Gasteiger partial charge in [0, 0.05) is 49.2 Å². The highest BCUT2D eigenvalue weighted by molar-refractivity contribution is 5.78. The van der Waals surface area contributed by atoms with Crippen molar-refractivity contribution >= 4 is 5.91 Å². The van der Waals surface area contributed by atoms with Crippen molar-refractivity contribution in [1.82, 2.24) is 15.2 Å². The van der Waals surface area contributed by atoms with Crippen LogP contribution in [0, 0.1) is 11.3 Å². The molecule has 0 aliphatic carbocycles. The summed E-state index contributed by atoms with van der Waals surface area (Å²) in [5, 5.41) is 12.6. The van der Waals surface area contributed by atoms with Crippen LogP contribution < -0.4 is 10.1 Å². The van der Waals surface area contributed by atoms with Crippen LogP contribution in [0.3, 0.4) is 0 Å². The highest BCUT2D eigenvalue weighted by Crippen LogP contribution is 2.27. The lowest BCUT2D eigenvalue weighted by Gasteiger charge is -2.26. The van der Waals surface area contributed by atoms with Crippen LogP contribution in [-0.2, 0) is 22.5 Å². The maximum atomic E-state index is 12.2. The van der Waals surface area contributed by atoms with Crippen LogP contribution in [0.5, 0.6) is 5.75 Å². The molecule has 1 aromatic heterocycles. The van der Waals surface area contributed by atoms with Gasteiger partial charge in [-0.2, -0.15) is 5.26 Å². The number of pyridine rings is 1. The number of nitrogens with zero attached hydrogens (tertiary/aromatic N) is 3. The van der Waals surface area contributed by atoms with Crippen molar-refractivity contribution in [3.05, 3.63) is 83.7 Å². The summed E-state index contributed by atoms with van der Waals surface area (Å²) in [6.07, 6.45) is 1.91. The van der Waals surface area contributed by atoms with Gasteiger partial charge in [-0.3, -0.25) is 14.7 Å². The number of carbonyl (C=O) groups excluding carboxylic acids is 1. The Morgan fingerprint density at radius 3 is 2.68 bits per heavy atom. The van der Waals surface area contributed by atoms with Crippen LogP contribution in [0.25, 0.3) is 11.1 Å². The highest BCUT2D eigenvalue weighted by Gasteiger charge is 2.12. The lowest BCUT2D eigenvalue weighted by molar-refractivity contribution is -0.120. The molecular formula is C27H28N4O3. The summed E-state index contributed by atoms with van der Waals surface area (Å²) >= 11 is 0. The van der Waals surface area contributed by atoms with E-state index in [9.17, 15) is 10.1 Å². The van der Waals surface area contributed by atoms with E-state index in [1.165, 1.54) is 0 Å². The van der Waals surface area contributed by atoms with E-state index in [1.54, 1.807) is 12.3 Å². The second-order valence-electron chi connectivity index (χ2n) is 8.10. The number of benzene rings is 2. The average molecular weight is 457 g/mol. The number of hydrogen-bond donors (Lipinski definition) is 1. The fourth-order valence-electron chi connectivity index (χ4n) is 3.79. The Kier molecular flexibility index (Phi) is 8.22. The number of ether oxygens (including phenoxy) is 2. The Morgan fingerprint density at radius 2 is 1.94 bits per heavy atom. The number of hydrogen-bond acceptors (Lipinski definition) is 6. The van der Waals surface area contributed by atoms with Crippen LogP contribution >= 0.6 is 0 Å². The number of nitrogens with one attached hydrogen (secondary N) is 1. The van der Waals surface area contributed by atoms with Crippen molar-refractivity contribution in [3.8, 4) is 22.9 Å².